The largest absolute Gasteiger partial charge is 0.497 e. The number of hydrogen-bond acceptors (Lipinski definition) is 4. The van der Waals surface area contributed by atoms with Crippen LogP contribution in [0.15, 0.2) is 46.3 Å². The van der Waals surface area contributed by atoms with Crippen LogP contribution >= 0.6 is 0 Å². The first-order chi connectivity index (χ1) is 13.8. The van der Waals surface area contributed by atoms with Crippen LogP contribution in [0.5, 0.6) is 5.75 Å². The van der Waals surface area contributed by atoms with E-state index in [1.807, 2.05) is 51.1 Å². The van der Waals surface area contributed by atoms with Gasteiger partial charge in [-0.25, -0.2) is 4.98 Å². The topological polar surface area (TPSA) is 104 Å². The van der Waals surface area contributed by atoms with E-state index < -0.39 is 5.56 Å². The van der Waals surface area contributed by atoms with E-state index in [1.165, 1.54) is 0 Å². The van der Waals surface area contributed by atoms with Crippen molar-refractivity contribution in [1.82, 2.24) is 19.9 Å². The standard InChI is InChI=1S/C22H24N4O3/c1-22(2,3)19-17(23-13-24-19)12-18-21(28)25-16(20(27)26-18)7-5-6-14-8-10-15(29-4)11-9-14/h5-13H,1-4H3,(H,23,24)(H,25,28)(H,26,27)/b6-5+,16-7-,18-12-. The summed E-state index contributed by atoms with van der Waals surface area (Å²) in [5.74, 6) is 0.769. The number of rotatable bonds is 4. The van der Waals surface area contributed by atoms with Crippen LogP contribution in [0.1, 0.15) is 37.7 Å². The summed E-state index contributed by atoms with van der Waals surface area (Å²) in [5, 5.41) is 0.332. The Labute approximate surface area is 167 Å². The normalized spacial score (nSPS) is 13.4. The second-order valence-corrected chi connectivity index (χ2v) is 7.59. The SMILES string of the molecule is COc1ccc(/C=C/C=c2\[nH]c(=O)/c(=C/c3nc[nH]c3C(C)(C)C)[nH]c2=O)cc1. The van der Waals surface area contributed by atoms with Gasteiger partial charge in [0.2, 0.25) is 0 Å². The molecular formula is C22H24N4O3. The molecule has 7 nitrogen and oxygen atoms in total. The van der Waals surface area contributed by atoms with E-state index in [1.54, 1.807) is 31.7 Å². The number of allylic oxidation sites excluding steroid dienone is 1. The first-order valence-corrected chi connectivity index (χ1v) is 9.18. The summed E-state index contributed by atoms with van der Waals surface area (Å²) in [6.45, 7) is 6.12. The highest BCUT2D eigenvalue weighted by atomic mass is 16.5. The van der Waals surface area contributed by atoms with E-state index in [9.17, 15) is 9.59 Å². The average Bonchev–Trinajstić information content (AvgIpc) is 3.15. The molecule has 0 unspecified atom stereocenters. The first kappa shape index (κ1) is 20.1. The third-order valence-corrected chi connectivity index (χ3v) is 4.35. The molecule has 0 aliphatic carbocycles. The number of H-pyrrole nitrogens is 3. The smallest absolute Gasteiger partial charge is 0.272 e. The minimum absolute atomic E-state index is 0.156. The molecule has 29 heavy (non-hydrogen) atoms. The number of nitrogens with one attached hydrogen (secondary N) is 3. The summed E-state index contributed by atoms with van der Waals surface area (Å²) in [6, 6.07) is 7.48. The monoisotopic (exact) mass is 392 g/mol. The zero-order valence-corrected chi connectivity index (χ0v) is 16.9. The molecule has 0 bridgehead atoms. The highest BCUT2D eigenvalue weighted by molar-refractivity contribution is 5.57. The third-order valence-electron chi connectivity index (χ3n) is 4.35. The average molecular weight is 392 g/mol. The zero-order chi connectivity index (χ0) is 21.0. The Morgan fingerprint density at radius 2 is 1.66 bits per heavy atom. The maximum atomic E-state index is 12.4. The number of hydrogen-bond donors (Lipinski definition) is 3. The van der Waals surface area contributed by atoms with Crippen LogP contribution in [0.3, 0.4) is 0 Å². The van der Waals surface area contributed by atoms with Crippen molar-refractivity contribution < 1.29 is 4.74 Å². The minimum Gasteiger partial charge on any atom is -0.497 e. The molecule has 3 N–H and O–H groups in total. The Hall–Kier alpha value is -3.61. The number of aromatic amines is 3. The van der Waals surface area contributed by atoms with E-state index in [0.29, 0.717) is 5.69 Å². The molecule has 0 saturated carbocycles. The van der Waals surface area contributed by atoms with E-state index in [2.05, 4.69) is 19.9 Å². The molecule has 0 radical (unpaired) electrons. The molecule has 2 heterocycles. The Balaban J connectivity index is 1.95. The van der Waals surface area contributed by atoms with Gasteiger partial charge in [-0.1, -0.05) is 45.1 Å². The molecule has 0 saturated heterocycles. The van der Waals surface area contributed by atoms with Gasteiger partial charge in [0.05, 0.1) is 19.1 Å². The Kier molecular flexibility index (Phi) is 5.68. The van der Waals surface area contributed by atoms with Crippen LogP contribution in [-0.2, 0) is 5.41 Å². The summed E-state index contributed by atoms with van der Waals surface area (Å²) in [5.41, 5.74) is 1.50. The Morgan fingerprint density at radius 3 is 2.31 bits per heavy atom. The molecule has 0 amide bonds. The van der Waals surface area contributed by atoms with Crippen molar-refractivity contribution >= 4 is 18.2 Å². The van der Waals surface area contributed by atoms with Gasteiger partial charge in [0.15, 0.2) is 0 Å². The lowest BCUT2D eigenvalue weighted by Gasteiger charge is -2.16. The van der Waals surface area contributed by atoms with Gasteiger partial charge < -0.3 is 19.7 Å². The molecule has 0 aliphatic rings. The number of imidazole rings is 1. The number of methoxy groups -OCH3 is 1. The van der Waals surface area contributed by atoms with Crippen molar-refractivity contribution in [3.8, 4) is 5.75 Å². The lowest BCUT2D eigenvalue weighted by Crippen LogP contribution is -2.46. The summed E-state index contributed by atoms with van der Waals surface area (Å²) in [6.07, 6.45) is 8.25. The van der Waals surface area contributed by atoms with Crippen molar-refractivity contribution in [2.45, 2.75) is 26.2 Å². The molecule has 1 aromatic carbocycles. The third kappa shape index (κ3) is 4.82. The molecule has 0 aliphatic heterocycles. The lowest BCUT2D eigenvalue weighted by atomic mass is 9.90. The molecule has 2 aromatic heterocycles. The highest BCUT2D eigenvalue weighted by Crippen LogP contribution is 2.22. The fourth-order valence-corrected chi connectivity index (χ4v) is 2.83. The van der Waals surface area contributed by atoms with E-state index in [4.69, 9.17) is 4.74 Å². The van der Waals surface area contributed by atoms with Gasteiger partial charge in [-0.15, -0.1) is 0 Å². The van der Waals surface area contributed by atoms with Crippen molar-refractivity contribution in [3.63, 3.8) is 0 Å². The summed E-state index contributed by atoms with van der Waals surface area (Å²) < 4.78 is 5.12. The predicted octanol–water partition coefficient (Wildman–Crippen LogP) is 1.42. The van der Waals surface area contributed by atoms with Crippen LogP contribution in [0.2, 0.25) is 0 Å². The van der Waals surface area contributed by atoms with Gasteiger partial charge in [0.25, 0.3) is 11.1 Å². The quantitative estimate of drug-likeness (QED) is 0.625. The zero-order valence-electron chi connectivity index (χ0n) is 16.9. The predicted molar refractivity (Wildman–Crippen MR) is 114 cm³/mol. The second-order valence-electron chi connectivity index (χ2n) is 7.59. The lowest BCUT2D eigenvalue weighted by molar-refractivity contribution is 0.415. The highest BCUT2D eigenvalue weighted by Gasteiger charge is 2.19. The van der Waals surface area contributed by atoms with Crippen LogP contribution in [0, 0.1) is 0 Å². The summed E-state index contributed by atoms with van der Waals surface area (Å²) in [4.78, 5) is 37.4. The van der Waals surface area contributed by atoms with Gasteiger partial charge in [-0.3, -0.25) is 9.59 Å². The van der Waals surface area contributed by atoms with Crippen LogP contribution in [-0.4, -0.2) is 27.0 Å². The summed E-state index contributed by atoms with van der Waals surface area (Å²) >= 11 is 0. The molecule has 0 fully saturated rings. The van der Waals surface area contributed by atoms with E-state index in [-0.39, 0.29) is 21.7 Å². The fraction of sp³-hybridized carbons (Fsp3) is 0.227. The molecule has 150 valence electrons. The van der Waals surface area contributed by atoms with Crippen molar-refractivity contribution in [2.75, 3.05) is 7.11 Å². The molecule has 3 aromatic rings. The van der Waals surface area contributed by atoms with Gasteiger partial charge in [0, 0.05) is 11.1 Å². The van der Waals surface area contributed by atoms with Gasteiger partial charge >= 0.3 is 0 Å². The molecule has 7 heteroatoms. The van der Waals surface area contributed by atoms with Crippen molar-refractivity contribution in [3.05, 3.63) is 85.0 Å². The van der Waals surface area contributed by atoms with Gasteiger partial charge in [0.1, 0.15) is 16.4 Å². The fourth-order valence-electron chi connectivity index (χ4n) is 2.83. The molecular weight excluding hydrogens is 368 g/mol. The second kappa shape index (κ2) is 8.18. The molecule has 0 spiro atoms. The van der Waals surface area contributed by atoms with Gasteiger partial charge in [-0.2, -0.15) is 0 Å². The number of benzene rings is 1. The van der Waals surface area contributed by atoms with Crippen LogP contribution < -0.4 is 26.6 Å². The number of aromatic nitrogens is 4. The first-order valence-electron chi connectivity index (χ1n) is 9.18. The molecule has 3 rings (SSSR count). The maximum Gasteiger partial charge on any atom is 0.272 e. The van der Waals surface area contributed by atoms with E-state index >= 15 is 0 Å². The Bertz CT molecular complexity index is 1250. The van der Waals surface area contributed by atoms with Crippen LogP contribution in [0.4, 0.5) is 0 Å². The number of nitrogens with zero attached hydrogens (tertiary/aromatic N) is 1. The Morgan fingerprint density at radius 1 is 1.00 bits per heavy atom. The molecule has 0 atom stereocenters. The van der Waals surface area contributed by atoms with E-state index in [0.717, 1.165) is 17.0 Å². The van der Waals surface area contributed by atoms with Crippen molar-refractivity contribution in [2.24, 2.45) is 0 Å². The van der Waals surface area contributed by atoms with Crippen LogP contribution in [0.25, 0.3) is 18.2 Å². The van der Waals surface area contributed by atoms with Gasteiger partial charge in [-0.05, 0) is 29.8 Å². The number of ether oxygens (including phenoxy) is 1. The maximum absolute atomic E-state index is 12.4. The van der Waals surface area contributed by atoms with Crippen molar-refractivity contribution in [1.29, 1.82) is 0 Å². The minimum atomic E-state index is -0.392. The summed E-state index contributed by atoms with van der Waals surface area (Å²) in [7, 11) is 1.61.